The summed E-state index contributed by atoms with van der Waals surface area (Å²) in [6, 6.07) is 3.27. The van der Waals surface area contributed by atoms with Gasteiger partial charge in [0.25, 0.3) is 11.8 Å². The van der Waals surface area contributed by atoms with Crippen LogP contribution < -0.4 is 0 Å². The summed E-state index contributed by atoms with van der Waals surface area (Å²) in [5, 5.41) is 0.149. The molecule has 1 aromatic heterocycles. The van der Waals surface area contributed by atoms with Crippen molar-refractivity contribution in [3.05, 3.63) is 35.5 Å². The van der Waals surface area contributed by atoms with E-state index < -0.39 is 17.5 Å². The Kier molecular flexibility index (Phi) is 6.06. The summed E-state index contributed by atoms with van der Waals surface area (Å²) in [4.78, 5) is 42.6. The van der Waals surface area contributed by atoms with Gasteiger partial charge in [-0.05, 0) is 18.6 Å². The van der Waals surface area contributed by atoms with E-state index in [-0.39, 0.29) is 60.9 Å². The lowest BCUT2D eigenvalue weighted by Gasteiger charge is -2.34. The zero-order chi connectivity index (χ0) is 20.3. The quantitative estimate of drug-likeness (QED) is 0.608. The lowest BCUT2D eigenvalue weighted by Crippen LogP contribution is -2.52. The number of carbonyl (C=O) groups excluding carboxylic acids is 3. The topological polar surface area (TPSA) is 73.5 Å². The number of ketones is 1. The summed E-state index contributed by atoms with van der Waals surface area (Å²) in [5.74, 6) is -2.69. The highest BCUT2D eigenvalue weighted by Crippen LogP contribution is 2.21. The number of hydrogen-bond donors (Lipinski definition) is 1. The van der Waals surface area contributed by atoms with Crippen LogP contribution in [-0.2, 0) is 9.59 Å². The summed E-state index contributed by atoms with van der Waals surface area (Å²) in [5.41, 5.74) is 0.377. The van der Waals surface area contributed by atoms with Gasteiger partial charge in [-0.25, -0.2) is 8.78 Å². The maximum absolute atomic E-state index is 13.8. The Bertz CT molecular complexity index is 901. The Hall–Kier alpha value is -2.77. The van der Waals surface area contributed by atoms with Crippen molar-refractivity contribution in [1.82, 2.24) is 14.8 Å². The third-order valence-corrected chi connectivity index (χ3v) is 4.98. The van der Waals surface area contributed by atoms with Gasteiger partial charge in [-0.2, -0.15) is 0 Å². The van der Waals surface area contributed by atoms with Crippen LogP contribution in [0.25, 0.3) is 10.9 Å². The highest BCUT2D eigenvalue weighted by atomic mass is 19.1. The van der Waals surface area contributed by atoms with Gasteiger partial charge in [0.15, 0.2) is 0 Å². The summed E-state index contributed by atoms with van der Waals surface area (Å²) >= 11 is 0. The number of fused-ring (bicyclic) bond motifs is 1. The molecular weight excluding hydrogens is 368 g/mol. The summed E-state index contributed by atoms with van der Waals surface area (Å²) < 4.78 is 27.2. The van der Waals surface area contributed by atoms with Crippen LogP contribution in [0, 0.1) is 11.6 Å². The number of unbranched alkanes of at least 4 members (excludes halogenated alkanes) is 2. The lowest BCUT2D eigenvalue weighted by atomic mass is 10.1. The van der Waals surface area contributed by atoms with E-state index in [4.69, 9.17) is 0 Å². The van der Waals surface area contributed by atoms with Gasteiger partial charge in [-0.3, -0.25) is 14.4 Å². The van der Waals surface area contributed by atoms with Crippen LogP contribution in [0.3, 0.4) is 0 Å². The molecule has 1 fully saturated rings. The average molecular weight is 391 g/mol. The molecule has 0 unspecified atom stereocenters. The lowest BCUT2D eigenvalue weighted by molar-refractivity contribution is -0.145. The van der Waals surface area contributed by atoms with Crippen molar-refractivity contribution in [3.63, 3.8) is 0 Å². The fraction of sp³-hybridized carbons (Fsp3) is 0.450. The van der Waals surface area contributed by atoms with E-state index in [1.54, 1.807) is 0 Å². The standard InChI is InChI=1S/C20H23F2N3O3/c1-2-3-4-5-18(26)20(28)25-8-6-24(7-9-25)19(27)17-12-14-15(22)10-13(21)11-16(14)23-17/h10-12,23H,2-9H2,1H3. The first-order chi connectivity index (χ1) is 13.4. The van der Waals surface area contributed by atoms with E-state index in [1.165, 1.54) is 15.9 Å². The number of aromatic nitrogens is 1. The number of amides is 2. The van der Waals surface area contributed by atoms with Crippen molar-refractivity contribution >= 4 is 28.5 Å². The Morgan fingerprint density at radius 3 is 2.36 bits per heavy atom. The molecule has 28 heavy (non-hydrogen) atoms. The zero-order valence-corrected chi connectivity index (χ0v) is 15.8. The van der Waals surface area contributed by atoms with Crippen molar-refractivity contribution in [2.24, 2.45) is 0 Å². The maximum atomic E-state index is 13.8. The van der Waals surface area contributed by atoms with Gasteiger partial charge in [0, 0.05) is 44.1 Å². The number of aromatic amines is 1. The fourth-order valence-electron chi connectivity index (χ4n) is 3.38. The molecule has 8 heteroatoms. The highest BCUT2D eigenvalue weighted by Gasteiger charge is 2.28. The number of halogens is 2. The highest BCUT2D eigenvalue weighted by molar-refractivity contribution is 6.36. The third kappa shape index (κ3) is 4.21. The fourth-order valence-corrected chi connectivity index (χ4v) is 3.38. The molecule has 2 aromatic rings. The van der Waals surface area contributed by atoms with Gasteiger partial charge in [-0.1, -0.05) is 19.8 Å². The Balaban J connectivity index is 1.60. The van der Waals surface area contributed by atoms with Gasteiger partial charge in [0.05, 0.1) is 5.52 Å². The van der Waals surface area contributed by atoms with Crippen molar-refractivity contribution in [2.75, 3.05) is 26.2 Å². The van der Waals surface area contributed by atoms with Crippen LogP contribution in [0.1, 0.15) is 43.1 Å². The summed E-state index contributed by atoms with van der Waals surface area (Å²) in [7, 11) is 0. The molecule has 0 bridgehead atoms. The first-order valence-corrected chi connectivity index (χ1v) is 9.50. The van der Waals surface area contributed by atoms with Gasteiger partial charge in [0.2, 0.25) is 5.78 Å². The number of benzene rings is 1. The van der Waals surface area contributed by atoms with Gasteiger partial charge < -0.3 is 14.8 Å². The monoisotopic (exact) mass is 391 g/mol. The van der Waals surface area contributed by atoms with Crippen LogP contribution in [0.15, 0.2) is 18.2 Å². The molecule has 1 aliphatic rings. The number of nitrogens with one attached hydrogen (secondary N) is 1. The smallest absolute Gasteiger partial charge is 0.290 e. The second-order valence-corrected chi connectivity index (χ2v) is 7.00. The van der Waals surface area contributed by atoms with E-state index in [2.05, 4.69) is 4.98 Å². The van der Waals surface area contributed by atoms with Crippen LogP contribution in [-0.4, -0.2) is 58.6 Å². The number of hydrogen-bond acceptors (Lipinski definition) is 3. The number of nitrogens with zero attached hydrogens (tertiary/aromatic N) is 2. The SMILES string of the molecule is CCCCCC(=O)C(=O)N1CCN(C(=O)c2cc3c(F)cc(F)cc3[nH]2)CC1. The van der Waals surface area contributed by atoms with Gasteiger partial charge in [0.1, 0.15) is 17.3 Å². The molecule has 1 saturated heterocycles. The number of rotatable bonds is 6. The predicted octanol–water partition coefficient (Wildman–Crippen LogP) is 2.88. The van der Waals surface area contributed by atoms with E-state index >= 15 is 0 Å². The first-order valence-electron chi connectivity index (χ1n) is 9.50. The summed E-state index contributed by atoms with van der Waals surface area (Å²) in [6.45, 7) is 3.12. The maximum Gasteiger partial charge on any atom is 0.290 e. The first kappa shape index (κ1) is 20.0. The van der Waals surface area contributed by atoms with Crippen molar-refractivity contribution in [3.8, 4) is 0 Å². The molecule has 0 aliphatic carbocycles. The Labute approximate surface area is 161 Å². The summed E-state index contributed by atoms with van der Waals surface area (Å²) in [6.07, 6.45) is 2.85. The minimum atomic E-state index is -0.734. The second kappa shape index (κ2) is 8.50. The minimum absolute atomic E-state index is 0.149. The van der Waals surface area contributed by atoms with Crippen molar-refractivity contribution < 1.29 is 23.2 Å². The predicted molar refractivity (Wildman–Crippen MR) is 99.8 cm³/mol. The van der Waals surface area contributed by atoms with Gasteiger partial charge >= 0.3 is 0 Å². The van der Waals surface area contributed by atoms with E-state index in [9.17, 15) is 23.2 Å². The largest absolute Gasteiger partial charge is 0.350 e. The van der Waals surface area contributed by atoms with Crippen LogP contribution >= 0.6 is 0 Å². The molecule has 0 atom stereocenters. The van der Waals surface area contributed by atoms with E-state index in [0.717, 1.165) is 25.0 Å². The molecular formula is C20H23F2N3O3. The van der Waals surface area contributed by atoms with Gasteiger partial charge in [-0.15, -0.1) is 0 Å². The molecule has 6 nitrogen and oxygen atoms in total. The van der Waals surface area contributed by atoms with Crippen molar-refractivity contribution in [2.45, 2.75) is 32.6 Å². The van der Waals surface area contributed by atoms with Crippen LogP contribution in [0.4, 0.5) is 8.78 Å². The minimum Gasteiger partial charge on any atom is -0.350 e. The molecule has 1 aliphatic heterocycles. The Morgan fingerprint density at radius 1 is 1.00 bits per heavy atom. The zero-order valence-electron chi connectivity index (χ0n) is 15.8. The molecule has 150 valence electrons. The molecule has 0 spiro atoms. The number of Topliss-reactive ketones (excluding diaryl/α,β-unsaturated/α-hetero) is 1. The Morgan fingerprint density at radius 2 is 1.68 bits per heavy atom. The molecule has 0 radical (unpaired) electrons. The van der Waals surface area contributed by atoms with Crippen molar-refractivity contribution in [1.29, 1.82) is 0 Å². The molecule has 1 N–H and O–H groups in total. The second-order valence-electron chi connectivity index (χ2n) is 7.00. The third-order valence-electron chi connectivity index (χ3n) is 4.98. The van der Waals surface area contributed by atoms with Crippen LogP contribution in [0.5, 0.6) is 0 Å². The van der Waals surface area contributed by atoms with Crippen LogP contribution in [0.2, 0.25) is 0 Å². The molecule has 2 heterocycles. The number of carbonyl (C=O) groups is 3. The molecule has 0 saturated carbocycles. The van der Waals surface area contributed by atoms with E-state index in [0.29, 0.717) is 6.42 Å². The molecule has 1 aromatic carbocycles. The normalized spacial score (nSPS) is 14.5. The molecule has 2 amide bonds. The number of H-pyrrole nitrogens is 1. The average Bonchev–Trinajstić information content (AvgIpc) is 3.11. The van der Waals surface area contributed by atoms with E-state index in [1.807, 2.05) is 6.92 Å². The number of piperazine rings is 1. The molecule has 3 rings (SSSR count).